The van der Waals surface area contributed by atoms with Crippen LogP contribution in [0.1, 0.15) is 44.9 Å². The third kappa shape index (κ3) is 8.89. The predicted molar refractivity (Wildman–Crippen MR) is 174 cm³/mol. The highest BCUT2D eigenvalue weighted by Crippen LogP contribution is 2.27. The number of fused-ring (bicyclic) bond motifs is 1. The molecule has 1 fully saturated rings. The summed E-state index contributed by atoms with van der Waals surface area (Å²) in [5.74, 6) is -0.455. The maximum absolute atomic E-state index is 12.9. The monoisotopic (exact) mass is 656 g/mol. The molecule has 14 heteroatoms. The standard InChI is InChI=1S/C32H44N6O7S/c1-5-12-37(13-6-2)27-10-9-24-15-23(7-8-25(24)17-27)16-28(18-33)46(41,42)34-11-14-44-21-26-19-38(36-35-26)20-29-30(39)22(3)31(40)32(43-4)45-29/h7-10,15-17,19,22,29-32,34,39-40H,5-6,11-14,20-21H2,1-4H3/b28-16+/t22-,29+,30-,31+,32-/m0/s1. The number of nitrogens with one attached hydrogen (secondary N) is 1. The summed E-state index contributed by atoms with van der Waals surface area (Å²) >= 11 is 0. The van der Waals surface area contributed by atoms with Crippen molar-refractivity contribution in [3.63, 3.8) is 0 Å². The van der Waals surface area contributed by atoms with Gasteiger partial charge in [-0.05, 0) is 53.5 Å². The highest BCUT2D eigenvalue weighted by atomic mass is 32.2. The molecule has 250 valence electrons. The molecule has 2 aromatic carbocycles. The van der Waals surface area contributed by atoms with E-state index < -0.39 is 45.4 Å². The first-order valence-corrected chi connectivity index (χ1v) is 17.0. The Morgan fingerprint density at radius 3 is 2.57 bits per heavy atom. The zero-order valence-electron chi connectivity index (χ0n) is 26.7. The van der Waals surface area contributed by atoms with Gasteiger partial charge in [0.05, 0.1) is 32.1 Å². The number of allylic oxidation sites excluding steroid dienone is 1. The minimum absolute atomic E-state index is 0.0333. The molecule has 1 aliphatic rings. The Balaban J connectivity index is 1.29. The maximum atomic E-state index is 12.9. The van der Waals surface area contributed by atoms with Crippen molar-refractivity contribution in [2.75, 3.05) is 38.3 Å². The molecule has 0 amide bonds. The number of aromatic nitrogens is 3. The number of hydrogen-bond donors (Lipinski definition) is 3. The summed E-state index contributed by atoms with van der Waals surface area (Å²) < 4.78 is 46.0. The van der Waals surface area contributed by atoms with Crippen LogP contribution in [0.5, 0.6) is 0 Å². The van der Waals surface area contributed by atoms with E-state index >= 15 is 0 Å². The molecule has 3 N–H and O–H groups in total. The van der Waals surface area contributed by atoms with Gasteiger partial charge in [-0.1, -0.05) is 44.2 Å². The molecular formula is C32H44N6O7S. The van der Waals surface area contributed by atoms with Gasteiger partial charge in [-0.15, -0.1) is 5.10 Å². The number of benzene rings is 2. The van der Waals surface area contributed by atoms with Crippen LogP contribution in [0, 0.1) is 17.2 Å². The lowest BCUT2D eigenvalue weighted by atomic mass is 9.90. The second-order valence-electron chi connectivity index (χ2n) is 11.4. The summed E-state index contributed by atoms with van der Waals surface area (Å²) in [6.07, 6.45) is 1.71. The van der Waals surface area contributed by atoms with Gasteiger partial charge >= 0.3 is 0 Å². The Hall–Kier alpha value is -3.42. The van der Waals surface area contributed by atoms with Crippen LogP contribution in [0.4, 0.5) is 5.69 Å². The molecule has 0 bridgehead atoms. The zero-order chi connectivity index (χ0) is 33.3. The quantitative estimate of drug-likeness (QED) is 0.153. The van der Waals surface area contributed by atoms with Crippen molar-refractivity contribution in [2.24, 2.45) is 5.92 Å². The highest BCUT2D eigenvalue weighted by Gasteiger charge is 2.42. The van der Waals surface area contributed by atoms with E-state index in [1.807, 2.05) is 18.2 Å². The van der Waals surface area contributed by atoms with Crippen molar-refractivity contribution in [3.05, 3.63) is 58.8 Å². The van der Waals surface area contributed by atoms with Gasteiger partial charge in [0, 0.05) is 38.3 Å². The fraction of sp³-hybridized carbons (Fsp3) is 0.531. The summed E-state index contributed by atoms with van der Waals surface area (Å²) in [4.78, 5) is 1.96. The minimum atomic E-state index is -4.07. The van der Waals surface area contributed by atoms with E-state index in [0.717, 1.165) is 42.4 Å². The topological polar surface area (TPSA) is 172 Å². The first-order chi connectivity index (χ1) is 22.1. The number of sulfonamides is 1. The first kappa shape index (κ1) is 35.4. The van der Waals surface area contributed by atoms with Crippen LogP contribution in [0.2, 0.25) is 0 Å². The Kier molecular flexibility index (Phi) is 12.6. The van der Waals surface area contributed by atoms with Crippen LogP contribution in [0.3, 0.4) is 0 Å². The smallest absolute Gasteiger partial charge is 0.250 e. The fourth-order valence-electron chi connectivity index (χ4n) is 5.42. The molecule has 0 aliphatic carbocycles. The second-order valence-corrected chi connectivity index (χ2v) is 13.1. The van der Waals surface area contributed by atoms with Gasteiger partial charge in [0.1, 0.15) is 24.0 Å². The number of ether oxygens (including phenoxy) is 3. The molecular weight excluding hydrogens is 612 g/mol. The largest absolute Gasteiger partial charge is 0.390 e. The lowest BCUT2D eigenvalue weighted by Crippen LogP contribution is -2.54. The first-order valence-electron chi connectivity index (χ1n) is 15.5. The number of anilines is 1. The Labute approximate surface area is 270 Å². The predicted octanol–water partition coefficient (Wildman–Crippen LogP) is 2.79. The number of nitrogens with zero attached hydrogens (tertiary/aromatic N) is 5. The molecule has 2 heterocycles. The molecule has 1 saturated heterocycles. The Morgan fingerprint density at radius 1 is 1.15 bits per heavy atom. The summed E-state index contributed by atoms with van der Waals surface area (Å²) in [6, 6.07) is 13.6. The van der Waals surface area contributed by atoms with Crippen molar-refractivity contribution in [1.82, 2.24) is 19.7 Å². The van der Waals surface area contributed by atoms with E-state index in [4.69, 9.17) is 14.2 Å². The second kappa shape index (κ2) is 16.4. The lowest BCUT2D eigenvalue weighted by molar-refractivity contribution is -0.277. The van der Waals surface area contributed by atoms with E-state index in [9.17, 15) is 23.9 Å². The maximum Gasteiger partial charge on any atom is 0.250 e. The van der Waals surface area contributed by atoms with Crippen molar-refractivity contribution < 1.29 is 32.8 Å². The van der Waals surface area contributed by atoms with Crippen molar-refractivity contribution in [1.29, 1.82) is 5.26 Å². The summed E-state index contributed by atoms with van der Waals surface area (Å²) in [5, 5.41) is 40.4. The van der Waals surface area contributed by atoms with Gasteiger partial charge in [-0.3, -0.25) is 0 Å². The van der Waals surface area contributed by atoms with E-state index in [0.29, 0.717) is 11.3 Å². The number of aliphatic hydroxyl groups excluding tert-OH is 2. The number of nitriles is 1. The van der Waals surface area contributed by atoms with Crippen molar-refractivity contribution in [2.45, 2.75) is 71.4 Å². The number of rotatable bonds is 16. The van der Waals surface area contributed by atoms with E-state index in [1.54, 1.807) is 25.3 Å². The summed E-state index contributed by atoms with van der Waals surface area (Å²) in [5.41, 5.74) is 2.26. The SMILES string of the molecule is CCCN(CCC)c1ccc2cc(/C=C(\C#N)S(=O)(=O)NCCOCc3cn(C[C@H]4O[C@H](OC)[C@H](O)[C@@H](C)[C@@H]4O)nn3)ccc2c1. The fourth-order valence-corrected chi connectivity index (χ4v) is 6.34. The highest BCUT2D eigenvalue weighted by molar-refractivity contribution is 7.93. The van der Waals surface area contributed by atoms with Crippen LogP contribution in [-0.4, -0.2) is 91.6 Å². The molecule has 0 radical (unpaired) electrons. The lowest BCUT2D eigenvalue weighted by Gasteiger charge is -2.40. The van der Waals surface area contributed by atoms with Crippen molar-refractivity contribution >= 4 is 32.6 Å². The molecule has 13 nitrogen and oxygen atoms in total. The van der Waals surface area contributed by atoms with Crippen LogP contribution < -0.4 is 9.62 Å². The Bertz CT molecular complexity index is 1610. The van der Waals surface area contributed by atoms with Crippen molar-refractivity contribution in [3.8, 4) is 6.07 Å². The van der Waals surface area contributed by atoms with Crippen LogP contribution in [0.15, 0.2) is 47.5 Å². The molecule has 5 atom stereocenters. The zero-order valence-corrected chi connectivity index (χ0v) is 27.6. The summed E-state index contributed by atoms with van der Waals surface area (Å²) in [7, 11) is -2.64. The Morgan fingerprint density at radius 2 is 1.87 bits per heavy atom. The van der Waals surface area contributed by atoms with Crippen LogP contribution in [-0.2, 0) is 37.4 Å². The van der Waals surface area contributed by atoms with Gasteiger partial charge in [-0.2, -0.15) is 5.26 Å². The van der Waals surface area contributed by atoms with E-state index in [1.165, 1.54) is 17.9 Å². The molecule has 0 saturated carbocycles. The van der Waals surface area contributed by atoms with E-state index in [-0.39, 0.29) is 26.3 Å². The average molecular weight is 657 g/mol. The van der Waals surface area contributed by atoms with E-state index in [2.05, 4.69) is 45.9 Å². The van der Waals surface area contributed by atoms with Gasteiger partial charge in [0.2, 0.25) is 0 Å². The van der Waals surface area contributed by atoms with Gasteiger partial charge in [0.15, 0.2) is 11.2 Å². The van der Waals surface area contributed by atoms with Crippen LogP contribution >= 0.6 is 0 Å². The molecule has 4 rings (SSSR count). The molecule has 46 heavy (non-hydrogen) atoms. The van der Waals surface area contributed by atoms with Gasteiger partial charge < -0.3 is 29.3 Å². The average Bonchev–Trinajstić information content (AvgIpc) is 3.50. The van der Waals surface area contributed by atoms with Gasteiger partial charge in [-0.25, -0.2) is 17.8 Å². The number of hydrogen-bond acceptors (Lipinski definition) is 11. The third-order valence-corrected chi connectivity index (χ3v) is 9.29. The van der Waals surface area contributed by atoms with Gasteiger partial charge in [0.25, 0.3) is 10.0 Å². The summed E-state index contributed by atoms with van der Waals surface area (Å²) in [6.45, 7) is 8.23. The normalized spacial score (nSPS) is 22.2. The number of aliphatic hydroxyl groups is 2. The molecule has 0 unspecified atom stereocenters. The molecule has 1 aliphatic heterocycles. The minimum Gasteiger partial charge on any atom is -0.390 e. The van der Waals surface area contributed by atoms with Crippen LogP contribution in [0.25, 0.3) is 16.8 Å². The molecule has 3 aromatic rings. The molecule has 0 spiro atoms. The molecule has 1 aromatic heterocycles. The third-order valence-electron chi connectivity index (χ3n) is 7.92. The number of methoxy groups -OCH3 is 1.